The molecule has 0 saturated carbocycles. The third kappa shape index (κ3) is 1.46. The highest BCUT2D eigenvalue weighted by Crippen LogP contribution is 2.22. The van der Waals surface area contributed by atoms with E-state index in [1.54, 1.807) is 7.11 Å². The summed E-state index contributed by atoms with van der Waals surface area (Å²) in [4.78, 5) is 3.26. The van der Waals surface area contributed by atoms with Crippen LogP contribution in [0.5, 0.6) is 5.75 Å². The summed E-state index contributed by atoms with van der Waals surface area (Å²) in [6, 6.07) is 8.05. The Bertz CT molecular complexity index is 445. The number of aromatic nitrogens is 1. The van der Waals surface area contributed by atoms with Crippen LogP contribution in [0.25, 0.3) is 10.9 Å². The molecule has 0 aliphatic heterocycles. The van der Waals surface area contributed by atoms with E-state index in [0.717, 1.165) is 22.3 Å². The Kier molecular flexibility index (Phi) is 2.17. The Hall–Kier alpha value is -1.48. The fraction of sp³-hybridized carbons (Fsp3) is 0.273. The van der Waals surface area contributed by atoms with Gasteiger partial charge in [-0.25, -0.2) is 0 Å². The monoisotopic (exact) mass is 190 g/mol. The highest BCUT2D eigenvalue weighted by molar-refractivity contribution is 5.81. The van der Waals surface area contributed by atoms with Gasteiger partial charge in [0, 0.05) is 23.3 Å². The molecule has 0 bridgehead atoms. The van der Waals surface area contributed by atoms with Crippen LogP contribution in [0.4, 0.5) is 0 Å². The fourth-order valence-corrected chi connectivity index (χ4v) is 1.50. The van der Waals surface area contributed by atoms with Crippen molar-refractivity contribution in [1.82, 2.24) is 4.98 Å². The van der Waals surface area contributed by atoms with E-state index in [1.807, 2.05) is 25.1 Å². The van der Waals surface area contributed by atoms with Crippen molar-refractivity contribution in [2.75, 3.05) is 7.11 Å². The van der Waals surface area contributed by atoms with Gasteiger partial charge in [0.15, 0.2) is 0 Å². The largest absolute Gasteiger partial charge is 0.497 e. The van der Waals surface area contributed by atoms with Crippen molar-refractivity contribution in [3.05, 3.63) is 30.0 Å². The minimum absolute atomic E-state index is 0.0356. The van der Waals surface area contributed by atoms with Crippen LogP contribution in [0.3, 0.4) is 0 Å². The van der Waals surface area contributed by atoms with Crippen LogP contribution in [-0.2, 0) is 0 Å². The first-order chi connectivity index (χ1) is 6.70. The lowest BCUT2D eigenvalue weighted by Crippen LogP contribution is -2.04. The number of nitrogens with one attached hydrogen (secondary N) is 1. The number of H-pyrrole nitrogens is 1. The molecular formula is C11H14N2O. The van der Waals surface area contributed by atoms with Crippen LogP contribution in [0.1, 0.15) is 18.7 Å². The van der Waals surface area contributed by atoms with Gasteiger partial charge < -0.3 is 15.5 Å². The third-order valence-corrected chi connectivity index (χ3v) is 2.34. The van der Waals surface area contributed by atoms with Crippen LogP contribution >= 0.6 is 0 Å². The zero-order valence-corrected chi connectivity index (χ0v) is 8.37. The van der Waals surface area contributed by atoms with Gasteiger partial charge in [0.1, 0.15) is 5.75 Å². The molecule has 1 aromatic carbocycles. The lowest BCUT2D eigenvalue weighted by molar-refractivity contribution is 0.415. The first-order valence-electron chi connectivity index (χ1n) is 4.63. The zero-order chi connectivity index (χ0) is 10.1. The number of fused-ring (bicyclic) bond motifs is 1. The van der Waals surface area contributed by atoms with Gasteiger partial charge in [-0.3, -0.25) is 0 Å². The second-order valence-electron chi connectivity index (χ2n) is 3.47. The molecular weight excluding hydrogens is 176 g/mol. The molecule has 14 heavy (non-hydrogen) atoms. The molecule has 0 unspecified atom stereocenters. The van der Waals surface area contributed by atoms with Crippen LogP contribution in [0.15, 0.2) is 24.3 Å². The van der Waals surface area contributed by atoms with E-state index in [-0.39, 0.29) is 6.04 Å². The summed E-state index contributed by atoms with van der Waals surface area (Å²) in [5, 5.41) is 1.16. The molecule has 3 heteroatoms. The molecule has 0 spiro atoms. The van der Waals surface area contributed by atoms with Crippen molar-refractivity contribution in [3.63, 3.8) is 0 Å². The van der Waals surface area contributed by atoms with Crippen molar-refractivity contribution in [3.8, 4) is 5.75 Å². The van der Waals surface area contributed by atoms with Gasteiger partial charge in [0.2, 0.25) is 0 Å². The molecule has 1 aromatic heterocycles. The van der Waals surface area contributed by atoms with Crippen LogP contribution < -0.4 is 10.5 Å². The molecule has 74 valence electrons. The third-order valence-electron chi connectivity index (χ3n) is 2.34. The van der Waals surface area contributed by atoms with Gasteiger partial charge in [-0.2, -0.15) is 0 Å². The molecule has 1 atom stereocenters. The molecule has 0 amide bonds. The summed E-state index contributed by atoms with van der Waals surface area (Å²) in [7, 11) is 1.66. The summed E-state index contributed by atoms with van der Waals surface area (Å²) in [6.07, 6.45) is 0. The molecule has 0 radical (unpaired) electrons. The SMILES string of the molecule is COc1ccc2cc([C@@H](C)N)[nH]c2c1. The average molecular weight is 190 g/mol. The maximum atomic E-state index is 5.79. The van der Waals surface area contributed by atoms with E-state index >= 15 is 0 Å². The molecule has 2 aromatic rings. The van der Waals surface area contributed by atoms with Crippen molar-refractivity contribution >= 4 is 10.9 Å². The number of rotatable bonds is 2. The summed E-state index contributed by atoms with van der Waals surface area (Å²) < 4.78 is 5.14. The van der Waals surface area contributed by atoms with Crippen LogP contribution in [0, 0.1) is 0 Å². The smallest absolute Gasteiger partial charge is 0.120 e. The second kappa shape index (κ2) is 3.35. The van der Waals surface area contributed by atoms with Crippen molar-refractivity contribution < 1.29 is 4.74 Å². The maximum Gasteiger partial charge on any atom is 0.120 e. The first kappa shape index (κ1) is 9.09. The summed E-state index contributed by atoms with van der Waals surface area (Å²) in [6.45, 7) is 1.96. The Morgan fingerprint density at radius 3 is 2.79 bits per heavy atom. The number of benzene rings is 1. The predicted molar refractivity (Wildman–Crippen MR) is 57.5 cm³/mol. The van der Waals surface area contributed by atoms with Gasteiger partial charge in [0.25, 0.3) is 0 Å². The van der Waals surface area contributed by atoms with E-state index in [4.69, 9.17) is 10.5 Å². The lowest BCUT2D eigenvalue weighted by Gasteiger charge is -1.99. The van der Waals surface area contributed by atoms with Crippen LogP contribution in [-0.4, -0.2) is 12.1 Å². The molecule has 0 aliphatic rings. The average Bonchev–Trinajstić information content (AvgIpc) is 2.59. The quantitative estimate of drug-likeness (QED) is 0.762. The van der Waals surface area contributed by atoms with Crippen molar-refractivity contribution in [2.24, 2.45) is 5.73 Å². The van der Waals surface area contributed by atoms with E-state index in [9.17, 15) is 0 Å². The summed E-state index contributed by atoms with van der Waals surface area (Å²) >= 11 is 0. The van der Waals surface area contributed by atoms with Gasteiger partial charge in [-0.15, -0.1) is 0 Å². The molecule has 3 N–H and O–H groups in total. The lowest BCUT2D eigenvalue weighted by atomic mass is 10.2. The normalized spacial score (nSPS) is 13.1. The molecule has 0 fully saturated rings. The van der Waals surface area contributed by atoms with Crippen molar-refractivity contribution in [1.29, 1.82) is 0 Å². The summed E-state index contributed by atoms with van der Waals surface area (Å²) in [5.74, 6) is 0.857. The minimum Gasteiger partial charge on any atom is -0.497 e. The van der Waals surface area contributed by atoms with Gasteiger partial charge in [-0.05, 0) is 30.5 Å². The molecule has 2 rings (SSSR count). The van der Waals surface area contributed by atoms with E-state index in [1.165, 1.54) is 0 Å². The van der Waals surface area contributed by atoms with E-state index in [2.05, 4.69) is 11.1 Å². The van der Waals surface area contributed by atoms with E-state index < -0.39 is 0 Å². The van der Waals surface area contributed by atoms with E-state index in [0.29, 0.717) is 0 Å². The van der Waals surface area contributed by atoms with Crippen molar-refractivity contribution in [2.45, 2.75) is 13.0 Å². The Labute approximate surface area is 82.9 Å². The van der Waals surface area contributed by atoms with Crippen LogP contribution in [0.2, 0.25) is 0 Å². The number of methoxy groups -OCH3 is 1. The topological polar surface area (TPSA) is 51.0 Å². The Morgan fingerprint density at radius 2 is 2.14 bits per heavy atom. The number of hydrogen-bond donors (Lipinski definition) is 2. The Balaban J connectivity index is 2.54. The highest BCUT2D eigenvalue weighted by atomic mass is 16.5. The van der Waals surface area contributed by atoms with Gasteiger partial charge >= 0.3 is 0 Å². The molecule has 0 aliphatic carbocycles. The molecule has 1 heterocycles. The zero-order valence-electron chi connectivity index (χ0n) is 8.37. The standard InChI is InChI=1S/C11H14N2O/c1-7(12)10-5-8-3-4-9(14-2)6-11(8)13-10/h3-7,13H,12H2,1-2H3/t7-/m1/s1. The van der Waals surface area contributed by atoms with Gasteiger partial charge in [0.05, 0.1) is 7.11 Å². The molecule has 0 saturated heterocycles. The van der Waals surface area contributed by atoms with Gasteiger partial charge in [-0.1, -0.05) is 0 Å². The first-order valence-corrected chi connectivity index (χ1v) is 4.63. The number of hydrogen-bond acceptors (Lipinski definition) is 2. The predicted octanol–water partition coefficient (Wildman–Crippen LogP) is 2.20. The number of nitrogens with two attached hydrogens (primary N) is 1. The minimum atomic E-state index is 0.0356. The highest BCUT2D eigenvalue weighted by Gasteiger charge is 2.04. The number of ether oxygens (including phenoxy) is 1. The molecule has 3 nitrogen and oxygen atoms in total. The maximum absolute atomic E-state index is 5.79. The Morgan fingerprint density at radius 1 is 1.36 bits per heavy atom. The summed E-state index contributed by atoms with van der Waals surface area (Å²) in [5.41, 5.74) is 7.90. The number of aromatic amines is 1. The fourth-order valence-electron chi connectivity index (χ4n) is 1.50. The second-order valence-corrected chi connectivity index (χ2v) is 3.47.